The molecule has 0 atom stereocenters. The molecule has 0 spiro atoms. The number of carbonyl (C=O) groups is 1. The van der Waals surface area contributed by atoms with Crippen LogP contribution < -0.4 is 14.8 Å². The molecule has 1 aliphatic heterocycles. The van der Waals surface area contributed by atoms with E-state index in [0.717, 1.165) is 51.6 Å². The molecule has 0 saturated carbocycles. The van der Waals surface area contributed by atoms with E-state index in [1.54, 1.807) is 18.4 Å². The van der Waals surface area contributed by atoms with Crippen molar-refractivity contribution in [2.24, 2.45) is 0 Å². The van der Waals surface area contributed by atoms with E-state index in [-0.39, 0.29) is 12.5 Å². The van der Waals surface area contributed by atoms with Gasteiger partial charge in [0.25, 0.3) is 5.91 Å². The van der Waals surface area contributed by atoms with Crippen molar-refractivity contribution in [2.45, 2.75) is 33.8 Å². The van der Waals surface area contributed by atoms with Crippen molar-refractivity contribution in [3.05, 3.63) is 51.4 Å². The van der Waals surface area contributed by atoms with E-state index in [1.165, 1.54) is 0 Å². The van der Waals surface area contributed by atoms with Crippen LogP contribution in [-0.4, -0.2) is 29.3 Å². The van der Waals surface area contributed by atoms with Crippen molar-refractivity contribution < 1.29 is 14.3 Å². The van der Waals surface area contributed by atoms with Crippen LogP contribution in [0.2, 0.25) is 0 Å². The van der Waals surface area contributed by atoms with Gasteiger partial charge < -0.3 is 14.8 Å². The number of carbonyl (C=O) groups excluding carboxylic acids is 1. The standard InChI is InChI=1S/C23H25N3O3S/c1-5-7-24-23(27)21-18-12-29-20-11-19(28-4)15(9-14(2)3)10-17(20)22(18)26(25-21)16-6-8-30-13-16/h6,8-11,13H,5,7,12H2,1-4H3,(H,24,27). The lowest BCUT2D eigenvalue weighted by Gasteiger charge is -2.21. The van der Waals surface area contributed by atoms with Gasteiger partial charge in [-0.15, -0.1) is 0 Å². The van der Waals surface area contributed by atoms with Crippen LogP contribution in [0.3, 0.4) is 0 Å². The number of benzene rings is 1. The fourth-order valence-corrected chi connectivity index (χ4v) is 4.18. The number of nitrogens with one attached hydrogen (secondary N) is 1. The van der Waals surface area contributed by atoms with E-state index >= 15 is 0 Å². The molecule has 0 radical (unpaired) electrons. The highest BCUT2D eigenvalue weighted by molar-refractivity contribution is 7.08. The van der Waals surface area contributed by atoms with Crippen LogP contribution in [0.4, 0.5) is 0 Å². The molecular formula is C23H25N3O3S. The highest BCUT2D eigenvalue weighted by atomic mass is 32.1. The van der Waals surface area contributed by atoms with Crippen LogP contribution in [0.25, 0.3) is 23.0 Å². The topological polar surface area (TPSA) is 65.4 Å². The number of allylic oxidation sites excluding steroid dienone is 1. The first kappa shape index (κ1) is 20.2. The van der Waals surface area contributed by atoms with Crippen molar-refractivity contribution in [2.75, 3.05) is 13.7 Å². The smallest absolute Gasteiger partial charge is 0.272 e. The summed E-state index contributed by atoms with van der Waals surface area (Å²) in [5.74, 6) is 1.30. The first-order chi connectivity index (χ1) is 14.5. The second-order valence-corrected chi connectivity index (χ2v) is 8.21. The molecule has 3 heterocycles. The number of aromatic nitrogens is 2. The lowest BCUT2D eigenvalue weighted by atomic mass is 9.98. The minimum absolute atomic E-state index is 0.174. The molecule has 1 amide bonds. The van der Waals surface area contributed by atoms with E-state index in [1.807, 2.05) is 48.3 Å². The number of ether oxygens (including phenoxy) is 2. The van der Waals surface area contributed by atoms with Crippen LogP contribution in [0, 0.1) is 0 Å². The van der Waals surface area contributed by atoms with Crippen LogP contribution in [0.1, 0.15) is 48.8 Å². The first-order valence-corrected chi connectivity index (χ1v) is 10.9. The first-order valence-electron chi connectivity index (χ1n) is 9.96. The van der Waals surface area contributed by atoms with Gasteiger partial charge in [0.15, 0.2) is 5.69 Å². The maximum absolute atomic E-state index is 12.8. The molecule has 156 valence electrons. The number of thiophene rings is 1. The summed E-state index contributed by atoms with van der Waals surface area (Å²) in [5, 5.41) is 11.7. The Labute approximate surface area is 180 Å². The summed E-state index contributed by atoms with van der Waals surface area (Å²) < 4.78 is 13.5. The third-order valence-corrected chi connectivity index (χ3v) is 5.56. The Bertz CT molecular complexity index is 1110. The fourth-order valence-electron chi connectivity index (χ4n) is 3.57. The molecule has 0 bridgehead atoms. The molecule has 30 heavy (non-hydrogen) atoms. The number of amides is 1. The van der Waals surface area contributed by atoms with Crippen molar-refractivity contribution in [3.63, 3.8) is 0 Å². The molecule has 1 aromatic carbocycles. The van der Waals surface area contributed by atoms with E-state index in [2.05, 4.69) is 17.5 Å². The van der Waals surface area contributed by atoms with Crippen LogP contribution in [0.5, 0.6) is 11.5 Å². The second kappa shape index (κ2) is 8.36. The normalized spacial score (nSPS) is 11.9. The Hall–Kier alpha value is -3.06. The quantitative estimate of drug-likeness (QED) is 0.601. The van der Waals surface area contributed by atoms with E-state index in [4.69, 9.17) is 14.6 Å². The molecule has 0 fully saturated rings. The van der Waals surface area contributed by atoms with Crippen LogP contribution in [-0.2, 0) is 6.61 Å². The summed E-state index contributed by atoms with van der Waals surface area (Å²) in [4.78, 5) is 12.8. The zero-order chi connectivity index (χ0) is 21.3. The van der Waals surface area contributed by atoms with Crippen molar-refractivity contribution >= 4 is 23.3 Å². The second-order valence-electron chi connectivity index (χ2n) is 7.43. The van der Waals surface area contributed by atoms with Gasteiger partial charge in [-0.05, 0) is 37.8 Å². The van der Waals surface area contributed by atoms with Gasteiger partial charge in [0.2, 0.25) is 0 Å². The van der Waals surface area contributed by atoms with Gasteiger partial charge in [-0.3, -0.25) is 4.79 Å². The molecule has 6 nitrogen and oxygen atoms in total. The van der Waals surface area contributed by atoms with Crippen molar-refractivity contribution in [3.8, 4) is 28.4 Å². The van der Waals surface area contributed by atoms with Gasteiger partial charge in [0.05, 0.1) is 18.5 Å². The average molecular weight is 424 g/mol. The van der Waals surface area contributed by atoms with Gasteiger partial charge in [0, 0.05) is 34.7 Å². The Morgan fingerprint density at radius 3 is 2.90 bits per heavy atom. The molecule has 1 aliphatic rings. The fraction of sp³-hybridized carbons (Fsp3) is 0.304. The SMILES string of the molecule is CCCNC(=O)c1nn(-c2ccsc2)c2c1COc1cc(OC)c(C=C(C)C)cc1-2. The number of hydrogen-bond acceptors (Lipinski definition) is 5. The van der Waals surface area contributed by atoms with Crippen molar-refractivity contribution in [1.29, 1.82) is 0 Å². The molecule has 0 unspecified atom stereocenters. The molecule has 7 heteroatoms. The van der Waals surface area contributed by atoms with Crippen molar-refractivity contribution in [1.82, 2.24) is 15.1 Å². The minimum atomic E-state index is -0.174. The van der Waals surface area contributed by atoms with E-state index in [0.29, 0.717) is 12.2 Å². The third-order valence-electron chi connectivity index (χ3n) is 4.89. The molecule has 1 N–H and O–H groups in total. The van der Waals surface area contributed by atoms with Gasteiger partial charge in [0.1, 0.15) is 18.1 Å². The molecule has 0 saturated heterocycles. The van der Waals surface area contributed by atoms with E-state index in [9.17, 15) is 4.79 Å². The number of hydrogen-bond donors (Lipinski definition) is 1. The summed E-state index contributed by atoms with van der Waals surface area (Å²) in [5.41, 5.74) is 6.06. The zero-order valence-electron chi connectivity index (χ0n) is 17.6. The highest BCUT2D eigenvalue weighted by Crippen LogP contribution is 2.44. The molecule has 3 aromatic rings. The van der Waals surface area contributed by atoms with Crippen LogP contribution in [0.15, 0.2) is 34.5 Å². The van der Waals surface area contributed by atoms with E-state index < -0.39 is 0 Å². The molecule has 4 rings (SSSR count). The highest BCUT2D eigenvalue weighted by Gasteiger charge is 2.31. The molecule has 2 aromatic heterocycles. The third kappa shape index (κ3) is 3.61. The number of rotatable bonds is 6. The van der Waals surface area contributed by atoms with Gasteiger partial charge in [-0.1, -0.05) is 18.6 Å². The Morgan fingerprint density at radius 1 is 1.40 bits per heavy atom. The largest absolute Gasteiger partial charge is 0.496 e. The predicted octanol–water partition coefficient (Wildman–Crippen LogP) is 5.06. The maximum Gasteiger partial charge on any atom is 0.272 e. The summed E-state index contributed by atoms with van der Waals surface area (Å²) in [7, 11) is 1.66. The summed E-state index contributed by atoms with van der Waals surface area (Å²) in [6.07, 6.45) is 2.94. The zero-order valence-corrected chi connectivity index (χ0v) is 18.4. The van der Waals surface area contributed by atoms with Gasteiger partial charge in [-0.2, -0.15) is 16.4 Å². The lowest BCUT2D eigenvalue weighted by molar-refractivity contribution is 0.0945. The number of fused-ring (bicyclic) bond motifs is 3. The summed E-state index contributed by atoms with van der Waals surface area (Å²) >= 11 is 1.59. The summed E-state index contributed by atoms with van der Waals surface area (Å²) in [6.45, 7) is 7.02. The molecule has 0 aliphatic carbocycles. The number of methoxy groups -OCH3 is 1. The maximum atomic E-state index is 12.8. The average Bonchev–Trinajstić information content (AvgIpc) is 3.38. The molecular weight excluding hydrogens is 398 g/mol. The minimum Gasteiger partial charge on any atom is -0.496 e. The Morgan fingerprint density at radius 2 is 2.23 bits per heavy atom. The predicted molar refractivity (Wildman–Crippen MR) is 120 cm³/mol. The monoisotopic (exact) mass is 423 g/mol. The lowest BCUT2D eigenvalue weighted by Crippen LogP contribution is -2.26. The summed E-state index contributed by atoms with van der Waals surface area (Å²) in [6, 6.07) is 5.97. The Kier molecular flexibility index (Phi) is 5.63. The van der Waals surface area contributed by atoms with Gasteiger partial charge in [-0.25, -0.2) is 4.68 Å². The number of nitrogens with zero attached hydrogens (tertiary/aromatic N) is 2. The van der Waals surface area contributed by atoms with Crippen LogP contribution >= 0.6 is 11.3 Å². The van der Waals surface area contributed by atoms with Gasteiger partial charge >= 0.3 is 0 Å². The Balaban J connectivity index is 1.94.